The summed E-state index contributed by atoms with van der Waals surface area (Å²) < 4.78 is 0. The van der Waals surface area contributed by atoms with Crippen LogP contribution in [0.15, 0.2) is 35.2 Å². The highest BCUT2D eigenvalue weighted by atomic mass is 32.2. The predicted octanol–water partition coefficient (Wildman–Crippen LogP) is 3.93. The third-order valence-corrected chi connectivity index (χ3v) is 7.02. The molecular formula is C16H18OS. The molecule has 3 fully saturated rings. The van der Waals surface area contributed by atoms with E-state index >= 15 is 0 Å². The molecule has 3 atom stereocenters. The maximum Gasteiger partial charge on any atom is 0.150 e. The topological polar surface area (TPSA) is 17.1 Å². The van der Waals surface area contributed by atoms with E-state index < -0.39 is 0 Å². The molecule has 18 heavy (non-hydrogen) atoms. The van der Waals surface area contributed by atoms with Gasteiger partial charge in [-0.1, -0.05) is 25.1 Å². The van der Waals surface area contributed by atoms with Gasteiger partial charge < -0.3 is 0 Å². The molecule has 3 aliphatic rings. The lowest BCUT2D eigenvalue weighted by Gasteiger charge is -2.50. The van der Waals surface area contributed by atoms with Crippen LogP contribution in [0.1, 0.15) is 32.6 Å². The summed E-state index contributed by atoms with van der Waals surface area (Å²) in [4.78, 5) is 13.7. The van der Waals surface area contributed by atoms with Gasteiger partial charge >= 0.3 is 0 Å². The molecule has 4 rings (SSSR count). The van der Waals surface area contributed by atoms with Crippen molar-refractivity contribution in [3.8, 4) is 0 Å². The monoisotopic (exact) mass is 258 g/mol. The fourth-order valence-corrected chi connectivity index (χ4v) is 5.68. The fraction of sp³-hybridized carbons (Fsp3) is 0.562. The minimum absolute atomic E-state index is 0.213. The zero-order chi connectivity index (χ0) is 12.4. The maximum atomic E-state index is 12.5. The van der Waals surface area contributed by atoms with Gasteiger partial charge in [0.05, 0.1) is 5.25 Å². The summed E-state index contributed by atoms with van der Waals surface area (Å²) in [5.41, 5.74) is 0.744. The Kier molecular flexibility index (Phi) is 2.10. The van der Waals surface area contributed by atoms with Crippen molar-refractivity contribution in [2.45, 2.75) is 42.8 Å². The second kappa shape index (κ2) is 3.41. The number of benzene rings is 1. The van der Waals surface area contributed by atoms with E-state index in [-0.39, 0.29) is 10.7 Å². The van der Waals surface area contributed by atoms with Crippen LogP contribution < -0.4 is 0 Å². The molecule has 1 nitrogen and oxygen atoms in total. The van der Waals surface area contributed by atoms with Crippen LogP contribution in [0, 0.1) is 16.7 Å². The number of carbonyl (C=O) groups is 1. The highest BCUT2D eigenvalue weighted by Crippen LogP contribution is 2.74. The first-order valence-corrected chi connectivity index (χ1v) is 7.79. The van der Waals surface area contributed by atoms with Crippen LogP contribution in [0.25, 0.3) is 0 Å². The molecule has 0 unspecified atom stereocenters. The van der Waals surface area contributed by atoms with E-state index in [0.29, 0.717) is 17.1 Å². The lowest BCUT2D eigenvalue weighted by Crippen LogP contribution is -2.57. The van der Waals surface area contributed by atoms with E-state index in [9.17, 15) is 4.79 Å². The maximum absolute atomic E-state index is 12.5. The summed E-state index contributed by atoms with van der Waals surface area (Å²) in [6, 6.07) is 10.4. The van der Waals surface area contributed by atoms with Crippen molar-refractivity contribution in [1.82, 2.24) is 0 Å². The molecule has 1 aromatic rings. The standard InChI is InChI=1S/C16H18OS/c1-15-7-8-16(9-10-16)13(15)12(17)14(15)18-11-5-3-2-4-6-11/h2-6,13-14H,7-10H2,1H3/t13-,14+,15-/m1/s1. The molecule has 1 spiro atoms. The van der Waals surface area contributed by atoms with Crippen molar-refractivity contribution >= 4 is 17.5 Å². The van der Waals surface area contributed by atoms with Gasteiger partial charge in [0.2, 0.25) is 0 Å². The van der Waals surface area contributed by atoms with Gasteiger partial charge in [0.1, 0.15) is 0 Å². The molecular weight excluding hydrogens is 240 g/mol. The van der Waals surface area contributed by atoms with Gasteiger partial charge in [-0.25, -0.2) is 0 Å². The van der Waals surface area contributed by atoms with E-state index in [0.717, 1.165) is 0 Å². The molecule has 0 amide bonds. The first-order valence-electron chi connectivity index (χ1n) is 6.91. The van der Waals surface area contributed by atoms with Gasteiger partial charge in [0.25, 0.3) is 0 Å². The van der Waals surface area contributed by atoms with E-state index in [1.165, 1.54) is 30.6 Å². The van der Waals surface area contributed by atoms with Gasteiger partial charge in [-0.2, -0.15) is 0 Å². The molecule has 2 heteroatoms. The Labute approximate surface area is 112 Å². The summed E-state index contributed by atoms with van der Waals surface area (Å²) >= 11 is 1.79. The zero-order valence-electron chi connectivity index (χ0n) is 10.7. The van der Waals surface area contributed by atoms with Gasteiger partial charge in [-0.15, -0.1) is 11.8 Å². The van der Waals surface area contributed by atoms with Gasteiger partial charge in [0.15, 0.2) is 5.78 Å². The van der Waals surface area contributed by atoms with E-state index in [4.69, 9.17) is 0 Å². The van der Waals surface area contributed by atoms with Crippen LogP contribution in [0.4, 0.5) is 0 Å². The number of rotatable bonds is 2. The average Bonchev–Trinajstić information content (AvgIpc) is 3.09. The molecule has 0 bridgehead atoms. The molecule has 0 aliphatic heterocycles. The van der Waals surface area contributed by atoms with Crippen molar-refractivity contribution in [3.05, 3.63) is 30.3 Å². The number of carbonyl (C=O) groups excluding carboxylic acids is 1. The first kappa shape index (κ1) is 11.1. The van der Waals surface area contributed by atoms with Crippen molar-refractivity contribution in [2.24, 2.45) is 16.7 Å². The zero-order valence-corrected chi connectivity index (χ0v) is 11.5. The third-order valence-electron chi connectivity index (χ3n) is 5.46. The van der Waals surface area contributed by atoms with E-state index in [2.05, 4.69) is 31.2 Å². The Bertz CT molecular complexity index is 505. The molecule has 0 heterocycles. The second-order valence-electron chi connectivity index (χ2n) is 6.51. The number of fused-ring (bicyclic) bond motifs is 2. The Balaban J connectivity index is 1.59. The minimum Gasteiger partial charge on any atom is -0.298 e. The second-order valence-corrected chi connectivity index (χ2v) is 7.69. The van der Waals surface area contributed by atoms with E-state index in [1.54, 1.807) is 11.8 Å². The van der Waals surface area contributed by atoms with Crippen LogP contribution in [0.2, 0.25) is 0 Å². The third kappa shape index (κ3) is 1.27. The number of thioether (sulfide) groups is 1. The van der Waals surface area contributed by atoms with Gasteiger partial charge in [-0.3, -0.25) is 4.79 Å². The van der Waals surface area contributed by atoms with Crippen molar-refractivity contribution in [3.63, 3.8) is 0 Å². The number of hydrogen-bond acceptors (Lipinski definition) is 2. The largest absolute Gasteiger partial charge is 0.298 e. The van der Waals surface area contributed by atoms with Crippen LogP contribution in [0.3, 0.4) is 0 Å². The Morgan fingerprint density at radius 2 is 1.78 bits per heavy atom. The van der Waals surface area contributed by atoms with Gasteiger partial charge in [-0.05, 0) is 48.6 Å². The SMILES string of the molecule is C[C@@]12CCC3(CC3)[C@@H]1C(=O)[C@@H]2Sc1ccccc1. The molecule has 3 aliphatic carbocycles. The molecule has 3 saturated carbocycles. The summed E-state index contributed by atoms with van der Waals surface area (Å²) in [7, 11) is 0. The van der Waals surface area contributed by atoms with Crippen molar-refractivity contribution in [2.75, 3.05) is 0 Å². The van der Waals surface area contributed by atoms with Crippen LogP contribution >= 0.6 is 11.8 Å². The quantitative estimate of drug-likeness (QED) is 0.799. The molecule has 0 radical (unpaired) electrons. The summed E-state index contributed by atoms with van der Waals surface area (Å²) in [5.74, 6) is 0.938. The van der Waals surface area contributed by atoms with Gasteiger partial charge in [0, 0.05) is 10.8 Å². The molecule has 94 valence electrons. The van der Waals surface area contributed by atoms with Crippen LogP contribution in [-0.2, 0) is 4.79 Å². The number of Topliss-reactive ketones (excluding diaryl/α,β-unsaturated/α-hetero) is 1. The van der Waals surface area contributed by atoms with E-state index in [1.807, 2.05) is 6.07 Å². The van der Waals surface area contributed by atoms with Crippen LogP contribution in [-0.4, -0.2) is 11.0 Å². The molecule has 0 N–H and O–H groups in total. The fourth-order valence-electron chi connectivity index (χ4n) is 4.32. The summed E-state index contributed by atoms with van der Waals surface area (Å²) in [6.45, 7) is 2.35. The lowest BCUT2D eigenvalue weighted by molar-refractivity contribution is -0.140. The molecule has 1 aromatic carbocycles. The first-order chi connectivity index (χ1) is 8.66. The highest BCUT2D eigenvalue weighted by Gasteiger charge is 2.73. The molecule has 0 saturated heterocycles. The molecule has 0 aromatic heterocycles. The number of hydrogen-bond donors (Lipinski definition) is 0. The minimum atomic E-state index is 0.213. The Hall–Kier alpha value is -0.760. The summed E-state index contributed by atoms with van der Waals surface area (Å²) in [6.07, 6.45) is 5.17. The van der Waals surface area contributed by atoms with Crippen LogP contribution in [0.5, 0.6) is 0 Å². The summed E-state index contributed by atoms with van der Waals surface area (Å²) in [5, 5.41) is 0.213. The Morgan fingerprint density at radius 3 is 2.44 bits per heavy atom. The normalized spacial score (nSPS) is 39.5. The highest BCUT2D eigenvalue weighted by molar-refractivity contribution is 8.00. The predicted molar refractivity (Wildman–Crippen MR) is 73.6 cm³/mol. The van der Waals surface area contributed by atoms with Crippen molar-refractivity contribution in [1.29, 1.82) is 0 Å². The Morgan fingerprint density at radius 1 is 1.11 bits per heavy atom. The number of ketones is 1. The van der Waals surface area contributed by atoms with Crippen molar-refractivity contribution < 1.29 is 4.79 Å². The smallest absolute Gasteiger partial charge is 0.150 e. The average molecular weight is 258 g/mol. The lowest BCUT2D eigenvalue weighted by atomic mass is 9.59.